The van der Waals surface area contributed by atoms with E-state index in [1.54, 1.807) is 6.92 Å². The van der Waals surface area contributed by atoms with Crippen LogP contribution in [0, 0.1) is 0 Å². The number of hydrogen-bond donors (Lipinski definition) is 2. The van der Waals surface area contributed by atoms with Gasteiger partial charge >= 0.3 is 5.97 Å². The molecule has 0 rings (SSSR count). The molecule has 0 saturated heterocycles. The lowest BCUT2D eigenvalue weighted by molar-refractivity contribution is -0.141. The summed E-state index contributed by atoms with van der Waals surface area (Å²) >= 11 is 4.89. The van der Waals surface area contributed by atoms with E-state index in [0.717, 1.165) is 13.0 Å². The first-order valence-corrected chi connectivity index (χ1v) is 4.78. The SMILES string of the molecule is CCCNC(=S)NCC(=O)OCC. The Morgan fingerprint density at radius 1 is 1.38 bits per heavy atom. The van der Waals surface area contributed by atoms with Gasteiger partial charge in [0, 0.05) is 6.54 Å². The third-order valence-corrected chi connectivity index (χ3v) is 1.52. The van der Waals surface area contributed by atoms with E-state index in [1.165, 1.54) is 0 Å². The lowest BCUT2D eigenvalue weighted by Gasteiger charge is -2.08. The second-order valence-corrected chi connectivity index (χ2v) is 2.82. The highest BCUT2D eigenvalue weighted by Gasteiger charge is 2.01. The van der Waals surface area contributed by atoms with E-state index in [0.29, 0.717) is 11.7 Å². The quantitative estimate of drug-likeness (QED) is 0.502. The van der Waals surface area contributed by atoms with Crippen LogP contribution < -0.4 is 10.6 Å². The van der Waals surface area contributed by atoms with E-state index >= 15 is 0 Å². The minimum Gasteiger partial charge on any atom is -0.465 e. The van der Waals surface area contributed by atoms with Crippen molar-refractivity contribution in [3.8, 4) is 0 Å². The average molecular weight is 204 g/mol. The molecular weight excluding hydrogens is 188 g/mol. The van der Waals surface area contributed by atoms with Crippen molar-refractivity contribution in [1.82, 2.24) is 10.6 Å². The van der Waals surface area contributed by atoms with E-state index in [4.69, 9.17) is 17.0 Å². The monoisotopic (exact) mass is 204 g/mol. The van der Waals surface area contributed by atoms with Gasteiger partial charge in [0.05, 0.1) is 6.61 Å². The minimum atomic E-state index is -0.289. The Morgan fingerprint density at radius 3 is 2.62 bits per heavy atom. The average Bonchev–Trinajstić information content (AvgIpc) is 2.12. The highest BCUT2D eigenvalue weighted by molar-refractivity contribution is 7.80. The van der Waals surface area contributed by atoms with Gasteiger partial charge in [-0.25, -0.2) is 0 Å². The second kappa shape index (κ2) is 7.79. The van der Waals surface area contributed by atoms with Crippen LogP contribution in [-0.4, -0.2) is 30.8 Å². The number of thiocarbonyl (C=S) groups is 1. The zero-order valence-electron chi connectivity index (χ0n) is 8.05. The predicted octanol–water partition coefficient (Wildman–Crippen LogP) is 0.424. The molecule has 0 bridgehead atoms. The maximum Gasteiger partial charge on any atom is 0.325 e. The van der Waals surface area contributed by atoms with Crippen molar-refractivity contribution < 1.29 is 9.53 Å². The number of esters is 1. The summed E-state index contributed by atoms with van der Waals surface area (Å²) in [5.74, 6) is -0.289. The lowest BCUT2D eigenvalue weighted by atomic mass is 10.5. The minimum absolute atomic E-state index is 0.128. The van der Waals surface area contributed by atoms with Crippen LogP contribution in [0.25, 0.3) is 0 Å². The van der Waals surface area contributed by atoms with Crippen molar-refractivity contribution in [3.05, 3.63) is 0 Å². The summed E-state index contributed by atoms with van der Waals surface area (Å²) in [6.07, 6.45) is 1.00. The van der Waals surface area contributed by atoms with Crippen LogP contribution in [0.5, 0.6) is 0 Å². The summed E-state index contributed by atoms with van der Waals surface area (Å²) in [5, 5.41) is 6.19. The van der Waals surface area contributed by atoms with E-state index in [1.807, 2.05) is 6.92 Å². The lowest BCUT2D eigenvalue weighted by Crippen LogP contribution is -2.38. The molecule has 2 N–H and O–H groups in total. The van der Waals surface area contributed by atoms with Gasteiger partial charge in [-0.3, -0.25) is 4.79 Å². The van der Waals surface area contributed by atoms with E-state index in [9.17, 15) is 4.79 Å². The Labute approximate surface area is 84.0 Å². The molecule has 0 aromatic rings. The molecule has 4 nitrogen and oxygen atoms in total. The molecule has 0 radical (unpaired) electrons. The summed E-state index contributed by atoms with van der Waals surface area (Å²) in [6.45, 7) is 5.15. The number of nitrogens with one attached hydrogen (secondary N) is 2. The molecule has 0 aliphatic carbocycles. The van der Waals surface area contributed by atoms with Gasteiger partial charge < -0.3 is 15.4 Å². The smallest absolute Gasteiger partial charge is 0.325 e. The van der Waals surface area contributed by atoms with Crippen molar-refractivity contribution in [2.24, 2.45) is 0 Å². The zero-order chi connectivity index (χ0) is 10.1. The van der Waals surface area contributed by atoms with Crippen molar-refractivity contribution in [2.75, 3.05) is 19.7 Å². The molecule has 0 spiro atoms. The molecular formula is C8H16N2O2S. The van der Waals surface area contributed by atoms with Gasteiger partial charge in [0.1, 0.15) is 6.54 Å². The van der Waals surface area contributed by atoms with E-state index in [-0.39, 0.29) is 12.5 Å². The van der Waals surface area contributed by atoms with Crippen molar-refractivity contribution in [1.29, 1.82) is 0 Å². The molecule has 0 heterocycles. The molecule has 0 aromatic carbocycles. The first-order chi connectivity index (χ1) is 6.20. The topological polar surface area (TPSA) is 50.4 Å². The van der Waals surface area contributed by atoms with Gasteiger partial charge in [0.25, 0.3) is 0 Å². The van der Waals surface area contributed by atoms with Gasteiger partial charge in [-0.1, -0.05) is 6.92 Å². The third kappa shape index (κ3) is 7.52. The first-order valence-electron chi connectivity index (χ1n) is 4.38. The number of carbonyl (C=O) groups excluding carboxylic acids is 1. The van der Waals surface area contributed by atoms with Crippen LogP contribution in [0.4, 0.5) is 0 Å². The summed E-state index contributed by atoms with van der Waals surface area (Å²) in [5.41, 5.74) is 0. The molecule has 0 aliphatic rings. The van der Waals surface area contributed by atoms with Crippen LogP contribution in [0.1, 0.15) is 20.3 Å². The molecule has 0 amide bonds. The Balaban J connectivity index is 3.40. The van der Waals surface area contributed by atoms with E-state index in [2.05, 4.69) is 10.6 Å². The maximum atomic E-state index is 10.8. The van der Waals surface area contributed by atoms with Crippen molar-refractivity contribution >= 4 is 23.3 Å². The number of ether oxygens (including phenoxy) is 1. The fourth-order valence-corrected chi connectivity index (χ4v) is 0.840. The molecule has 0 aromatic heterocycles. The first kappa shape index (κ1) is 12.2. The van der Waals surface area contributed by atoms with Crippen LogP contribution in [-0.2, 0) is 9.53 Å². The molecule has 76 valence electrons. The molecule has 0 atom stereocenters. The molecule has 0 unspecified atom stereocenters. The molecule has 0 aliphatic heterocycles. The standard InChI is InChI=1S/C8H16N2O2S/c1-3-5-9-8(13)10-6-7(11)12-4-2/h3-6H2,1-2H3,(H2,9,10,13). The summed E-state index contributed by atoms with van der Waals surface area (Å²) in [6, 6.07) is 0. The number of carbonyl (C=O) groups is 1. The van der Waals surface area contributed by atoms with Gasteiger partial charge in [-0.15, -0.1) is 0 Å². The zero-order valence-corrected chi connectivity index (χ0v) is 8.87. The summed E-state index contributed by atoms with van der Waals surface area (Å²) in [7, 11) is 0. The van der Waals surface area contributed by atoms with Gasteiger partial charge in [-0.2, -0.15) is 0 Å². The van der Waals surface area contributed by atoms with Gasteiger partial charge in [0.15, 0.2) is 5.11 Å². The molecule has 5 heteroatoms. The largest absolute Gasteiger partial charge is 0.465 e. The van der Waals surface area contributed by atoms with Crippen molar-refractivity contribution in [3.63, 3.8) is 0 Å². The fourth-order valence-electron chi connectivity index (χ4n) is 0.665. The van der Waals surface area contributed by atoms with Gasteiger partial charge in [-0.05, 0) is 25.6 Å². The second-order valence-electron chi connectivity index (χ2n) is 2.41. The molecule has 0 saturated carbocycles. The van der Waals surface area contributed by atoms with Crippen LogP contribution in [0.2, 0.25) is 0 Å². The Kier molecular flexibility index (Phi) is 7.29. The Morgan fingerprint density at radius 2 is 2.08 bits per heavy atom. The summed E-state index contributed by atoms with van der Waals surface area (Å²) < 4.78 is 4.71. The van der Waals surface area contributed by atoms with Crippen LogP contribution in [0.15, 0.2) is 0 Å². The normalized spacial score (nSPS) is 9.08. The molecule has 13 heavy (non-hydrogen) atoms. The predicted molar refractivity (Wildman–Crippen MR) is 55.5 cm³/mol. The molecule has 0 fully saturated rings. The van der Waals surface area contributed by atoms with Crippen LogP contribution in [0.3, 0.4) is 0 Å². The van der Waals surface area contributed by atoms with E-state index < -0.39 is 0 Å². The Hall–Kier alpha value is -0.840. The van der Waals surface area contributed by atoms with Gasteiger partial charge in [0.2, 0.25) is 0 Å². The van der Waals surface area contributed by atoms with Crippen molar-refractivity contribution in [2.45, 2.75) is 20.3 Å². The Bertz CT molecular complexity index is 174. The summed E-state index contributed by atoms with van der Waals surface area (Å²) in [4.78, 5) is 10.8. The van der Waals surface area contributed by atoms with Crippen LogP contribution >= 0.6 is 12.2 Å². The number of hydrogen-bond acceptors (Lipinski definition) is 3. The highest BCUT2D eigenvalue weighted by Crippen LogP contribution is 1.76. The maximum absolute atomic E-state index is 10.8. The third-order valence-electron chi connectivity index (χ3n) is 1.23. The fraction of sp³-hybridized carbons (Fsp3) is 0.750. The number of rotatable bonds is 5. The highest BCUT2D eigenvalue weighted by atomic mass is 32.1.